The zero-order valence-corrected chi connectivity index (χ0v) is 23.3. The van der Waals surface area contributed by atoms with Crippen molar-refractivity contribution in [3.05, 3.63) is 107 Å². The SMILES string of the molecule is CC[C@H](C)c1nc2ccc(Br)cc2c(=O)n1N=Cc1cc(OC)c(OCc2cccc([N+](=O)[O-])c2)c([N+](=O)[O-])c1. The summed E-state index contributed by atoms with van der Waals surface area (Å²) in [6, 6.07) is 13.7. The van der Waals surface area contributed by atoms with Gasteiger partial charge in [-0.1, -0.05) is 41.9 Å². The molecule has 0 aliphatic heterocycles. The van der Waals surface area contributed by atoms with Crippen LogP contribution in [0.3, 0.4) is 0 Å². The highest BCUT2D eigenvalue weighted by atomic mass is 79.9. The quantitative estimate of drug-likeness (QED) is 0.121. The molecule has 0 saturated heterocycles. The molecule has 3 aromatic carbocycles. The molecule has 0 radical (unpaired) electrons. The van der Waals surface area contributed by atoms with Gasteiger partial charge in [-0.15, -0.1) is 0 Å². The third-order valence-electron chi connectivity index (χ3n) is 6.19. The molecule has 1 aromatic heterocycles. The fraction of sp³-hybridized carbons (Fsp3) is 0.222. The van der Waals surface area contributed by atoms with Crippen LogP contribution < -0.4 is 15.0 Å². The second-order valence-electron chi connectivity index (χ2n) is 8.85. The van der Waals surface area contributed by atoms with Gasteiger partial charge in [-0.2, -0.15) is 9.78 Å². The Morgan fingerprint density at radius 1 is 1.12 bits per heavy atom. The van der Waals surface area contributed by atoms with Crippen molar-refractivity contribution in [2.24, 2.45) is 5.10 Å². The Bertz CT molecular complexity index is 1700. The lowest BCUT2D eigenvalue weighted by Crippen LogP contribution is -2.23. The summed E-state index contributed by atoms with van der Waals surface area (Å²) in [5, 5.41) is 27.8. The molecule has 4 aromatic rings. The van der Waals surface area contributed by atoms with E-state index >= 15 is 0 Å². The van der Waals surface area contributed by atoms with Crippen LogP contribution in [0.25, 0.3) is 10.9 Å². The number of non-ortho nitro benzene ring substituents is 1. The maximum Gasteiger partial charge on any atom is 0.315 e. The molecule has 0 unspecified atom stereocenters. The maximum atomic E-state index is 13.4. The first-order valence-corrected chi connectivity index (χ1v) is 12.9. The molecular formula is C27H24BrN5O7. The Kier molecular flexibility index (Phi) is 8.53. The molecule has 1 heterocycles. The summed E-state index contributed by atoms with van der Waals surface area (Å²) < 4.78 is 13.0. The maximum absolute atomic E-state index is 13.4. The third kappa shape index (κ3) is 5.99. The lowest BCUT2D eigenvalue weighted by Gasteiger charge is -2.14. The van der Waals surface area contributed by atoms with Crippen LogP contribution in [0, 0.1) is 20.2 Å². The van der Waals surface area contributed by atoms with E-state index in [0.717, 1.165) is 0 Å². The fourth-order valence-electron chi connectivity index (χ4n) is 3.93. The van der Waals surface area contributed by atoms with Gasteiger partial charge in [0, 0.05) is 34.2 Å². The highest BCUT2D eigenvalue weighted by molar-refractivity contribution is 9.10. The number of nitro benzene ring substituents is 2. The molecule has 0 fully saturated rings. The monoisotopic (exact) mass is 609 g/mol. The van der Waals surface area contributed by atoms with Gasteiger partial charge in [0.05, 0.1) is 34.1 Å². The molecular weight excluding hydrogens is 586 g/mol. The zero-order chi connectivity index (χ0) is 29.0. The highest BCUT2D eigenvalue weighted by Gasteiger charge is 2.23. The van der Waals surface area contributed by atoms with Gasteiger partial charge in [-0.25, -0.2) is 4.98 Å². The molecule has 40 heavy (non-hydrogen) atoms. The fourth-order valence-corrected chi connectivity index (χ4v) is 4.29. The van der Waals surface area contributed by atoms with Crippen LogP contribution in [0.4, 0.5) is 11.4 Å². The number of rotatable bonds is 10. The number of hydrogen-bond donors (Lipinski definition) is 0. The third-order valence-corrected chi connectivity index (χ3v) is 6.68. The molecule has 0 spiro atoms. The van der Waals surface area contributed by atoms with E-state index in [4.69, 9.17) is 9.47 Å². The Labute approximate surface area is 236 Å². The number of nitro groups is 2. The molecule has 0 amide bonds. The van der Waals surface area contributed by atoms with Gasteiger partial charge in [0.25, 0.3) is 11.2 Å². The van der Waals surface area contributed by atoms with Crippen LogP contribution in [0.2, 0.25) is 0 Å². The minimum absolute atomic E-state index is 0.0520. The highest BCUT2D eigenvalue weighted by Crippen LogP contribution is 2.38. The van der Waals surface area contributed by atoms with E-state index < -0.39 is 15.5 Å². The summed E-state index contributed by atoms with van der Waals surface area (Å²) in [6.45, 7) is 3.73. The van der Waals surface area contributed by atoms with Gasteiger partial charge in [-0.05, 0) is 36.2 Å². The van der Waals surface area contributed by atoms with Crippen LogP contribution in [0.5, 0.6) is 11.5 Å². The molecule has 4 rings (SSSR count). The minimum Gasteiger partial charge on any atom is -0.493 e. The van der Waals surface area contributed by atoms with Crippen LogP contribution in [-0.4, -0.2) is 32.8 Å². The smallest absolute Gasteiger partial charge is 0.315 e. The van der Waals surface area contributed by atoms with E-state index in [-0.39, 0.29) is 40.8 Å². The number of halogens is 1. The van der Waals surface area contributed by atoms with E-state index in [1.165, 1.54) is 48.3 Å². The second-order valence-corrected chi connectivity index (χ2v) is 9.76. The first kappa shape index (κ1) is 28.4. The van der Waals surface area contributed by atoms with Gasteiger partial charge < -0.3 is 9.47 Å². The van der Waals surface area contributed by atoms with E-state index in [0.29, 0.717) is 33.2 Å². The Morgan fingerprint density at radius 2 is 1.90 bits per heavy atom. The lowest BCUT2D eigenvalue weighted by atomic mass is 10.1. The van der Waals surface area contributed by atoms with E-state index in [2.05, 4.69) is 26.0 Å². The Balaban J connectivity index is 1.75. The minimum atomic E-state index is -0.630. The van der Waals surface area contributed by atoms with Crippen molar-refractivity contribution in [3.8, 4) is 11.5 Å². The molecule has 0 N–H and O–H groups in total. The van der Waals surface area contributed by atoms with Crippen molar-refractivity contribution in [1.82, 2.24) is 9.66 Å². The van der Waals surface area contributed by atoms with Crippen molar-refractivity contribution in [2.75, 3.05) is 7.11 Å². The van der Waals surface area contributed by atoms with Crippen LogP contribution in [0.1, 0.15) is 43.1 Å². The normalized spacial score (nSPS) is 12.0. The molecule has 0 saturated carbocycles. The number of fused-ring (bicyclic) bond motifs is 1. The standard InChI is InChI=1S/C27H24BrN5O7/c1-4-16(2)26-30-22-9-8-19(28)13-21(22)27(34)31(26)29-14-18-11-23(33(37)38)25(24(12-18)39-3)40-15-17-6-5-7-20(10-17)32(35)36/h5-14,16H,4,15H2,1-3H3/t16-/m0/s1. The van der Waals surface area contributed by atoms with Gasteiger partial charge in [0.2, 0.25) is 5.75 Å². The van der Waals surface area contributed by atoms with Crippen molar-refractivity contribution in [2.45, 2.75) is 32.8 Å². The predicted molar refractivity (Wildman–Crippen MR) is 152 cm³/mol. The van der Waals surface area contributed by atoms with E-state index in [1.807, 2.05) is 13.8 Å². The average Bonchev–Trinajstić information content (AvgIpc) is 2.95. The molecule has 1 atom stereocenters. The molecule has 0 aliphatic carbocycles. The Morgan fingerprint density at radius 3 is 2.58 bits per heavy atom. The summed E-state index contributed by atoms with van der Waals surface area (Å²) in [7, 11) is 1.33. The number of methoxy groups -OCH3 is 1. The largest absolute Gasteiger partial charge is 0.493 e. The summed E-state index contributed by atoms with van der Waals surface area (Å²) in [4.78, 5) is 39.9. The van der Waals surface area contributed by atoms with Crippen LogP contribution in [-0.2, 0) is 6.61 Å². The second kappa shape index (κ2) is 12.0. The van der Waals surface area contributed by atoms with Gasteiger partial charge in [-0.3, -0.25) is 25.0 Å². The van der Waals surface area contributed by atoms with Gasteiger partial charge >= 0.3 is 5.69 Å². The molecule has 206 valence electrons. The number of hydrogen-bond acceptors (Lipinski definition) is 9. The van der Waals surface area contributed by atoms with Crippen molar-refractivity contribution in [1.29, 1.82) is 0 Å². The van der Waals surface area contributed by atoms with E-state index in [1.54, 1.807) is 24.3 Å². The van der Waals surface area contributed by atoms with Gasteiger partial charge in [0.15, 0.2) is 5.75 Å². The van der Waals surface area contributed by atoms with Crippen LogP contribution >= 0.6 is 15.9 Å². The Hall–Kier alpha value is -4.65. The van der Waals surface area contributed by atoms with Crippen LogP contribution in [0.15, 0.2) is 69.0 Å². The zero-order valence-electron chi connectivity index (χ0n) is 21.7. The number of aromatic nitrogens is 2. The summed E-state index contributed by atoms with van der Waals surface area (Å²) in [5.41, 5.74) is 0.359. The van der Waals surface area contributed by atoms with Crippen molar-refractivity contribution in [3.63, 3.8) is 0 Å². The first-order chi connectivity index (χ1) is 19.1. The number of nitrogens with zero attached hydrogens (tertiary/aromatic N) is 5. The van der Waals surface area contributed by atoms with Crippen molar-refractivity contribution < 1.29 is 19.3 Å². The topological polar surface area (TPSA) is 152 Å². The molecule has 0 aliphatic rings. The summed E-state index contributed by atoms with van der Waals surface area (Å²) in [5.74, 6) is 0.269. The van der Waals surface area contributed by atoms with E-state index in [9.17, 15) is 25.0 Å². The average molecular weight is 610 g/mol. The lowest BCUT2D eigenvalue weighted by molar-refractivity contribution is -0.386. The first-order valence-electron chi connectivity index (χ1n) is 12.1. The summed E-state index contributed by atoms with van der Waals surface area (Å²) in [6.07, 6.45) is 2.03. The number of ether oxygens (including phenoxy) is 2. The predicted octanol–water partition coefficient (Wildman–Crippen LogP) is 5.96. The molecule has 12 nitrogen and oxygen atoms in total. The molecule has 0 bridgehead atoms. The molecule has 13 heteroatoms. The van der Waals surface area contributed by atoms with Gasteiger partial charge in [0.1, 0.15) is 12.4 Å². The number of benzene rings is 3. The van der Waals surface area contributed by atoms with Crippen molar-refractivity contribution >= 4 is 44.4 Å². The summed E-state index contributed by atoms with van der Waals surface area (Å²) >= 11 is 3.38.